The Labute approximate surface area is 140 Å². The summed E-state index contributed by atoms with van der Waals surface area (Å²) in [7, 11) is 0. The Morgan fingerprint density at radius 2 is 1.71 bits per heavy atom. The number of benzene rings is 3. The molecule has 116 valence electrons. The second-order valence-corrected chi connectivity index (χ2v) is 5.51. The molecule has 0 saturated heterocycles. The maximum Gasteiger partial charge on any atom is 0.266 e. The SMILES string of the molecule is Cc1ccccc1NC(=O)/C(C#N)=C\c1cccc2ccccc12. The highest BCUT2D eigenvalue weighted by Gasteiger charge is 2.11. The van der Waals surface area contributed by atoms with Crippen LogP contribution in [0.4, 0.5) is 5.69 Å². The van der Waals surface area contributed by atoms with Gasteiger partial charge in [0.1, 0.15) is 11.6 Å². The van der Waals surface area contributed by atoms with Crippen molar-refractivity contribution >= 4 is 28.4 Å². The number of carbonyl (C=O) groups excluding carboxylic acids is 1. The fourth-order valence-electron chi connectivity index (χ4n) is 2.58. The summed E-state index contributed by atoms with van der Waals surface area (Å²) in [6.07, 6.45) is 1.63. The van der Waals surface area contributed by atoms with Crippen LogP contribution in [0.5, 0.6) is 0 Å². The zero-order valence-electron chi connectivity index (χ0n) is 13.3. The maximum absolute atomic E-state index is 12.4. The van der Waals surface area contributed by atoms with Gasteiger partial charge in [0.05, 0.1) is 0 Å². The average Bonchev–Trinajstić information content (AvgIpc) is 2.61. The molecular formula is C21H16N2O. The van der Waals surface area contributed by atoms with Crippen molar-refractivity contribution < 1.29 is 4.79 Å². The van der Waals surface area contributed by atoms with Crippen LogP contribution < -0.4 is 5.32 Å². The Hall–Kier alpha value is -3.38. The summed E-state index contributed by atoms with van der Waals surface area (Å²) in [4.78, 5) is 12.4. The third kappa shape index (κ3) is 3.18. The van der Waals surface area contributed by atoms with E-state index in [0.717, 1.165) is 21.9 Å². The first kappa shape index (κ1) is 15.5. The van der Waals surface area contributed by atoms with E-state index >= 15 is 0 Å². The molecule has 0 radical (unpaired) electrons. The summed E-state index contributed by atoms with van der Waals surface area (Å²) in [6, 6.07) is 23.2. The summed E-state index contributed by atoms with van der Waals surface area (Å²) in [6.45, 7) is 1.91. The molecule has 0 atom stereocenters. The third-order valence-corrected chi connectivity index (χ3v) is 3.88. The van der Waals surface area contributed by atoms with Crippen LogP contribution in [-0.4, -0.2) is 5.91 Å². The molecule has 0 aliphatic carbocycles. The van der Waals surface area contributed by atoms with Crippen molar-refractivity contribution in [3.63, 3.8) is 0 Å². The normalized spacial score (nSPS) is 11.1. The first-order valence-corrected chi connectivity index (χ1v) is 7.65. The van der Waals surface area contributed by atoms with Gasteiger partial charge < -0.3 is 5.32 Å². The van der Waals surface area contributed by atoms with E-state index in [1.807, 2.05) is 79.7 Å². The lowest BCUT2D eigenvalue weighted by molar-refractivity contribution is -0.112. The van der Waals surface area contributed by atoms with Gasteiger partial charge in [-0.15, -0.1) is 0 Å². The van der Waals surface area contributed by atoms with Crippen LogP contribution in [0.25, 0.3) is 16.8 Å². The molecule has 24 heavy (non-hydrogen) atoms. The number of hydrogen-bond acceptors (Lipinski definition) is 2. The number of carbonyl (C=O) groups is 1. The zero-order chi connectivity index (χ0) is 16.9. The monoisotopic (exact) mass is 312 g/mol. The average molecular weight is 312 g/mol. The van der Waals surface area contributed by atoms with Gasteiger partial charge >= 0.3 is 0 Å². The van der Waals surface area contributed by atoms with E-state index in [4.69, 9.17) is 0 Å². The van der Waals surface area contributed by atoms with Gasteiger partial charge in [-0.05, 0) is 41.0 Å². The van der Waals surface area contributed by atoms with Crippen LogP contribution in [0.2, 0.25) is 0 Å². The lowest BCUT2D eigenvalue weighted by atomic mass is 10.0. The molecule has 0 heterocycles. The second-order valence-electron chi connectivity index (χ2n) is 5.51. The molecule has 3 rings (SSSR count). The van der Waals surface area contributed by atoms with Crippen molar-refractivity contribution in [2.24, 2.45) is 0 Å². The van der Waals surface area contributed by atoms with E-state index in [9.17, 15) is 10.1 Å². The predicted octanol–water partition coefficient (Wildman–Crippen LogP) is 4.69. The van der Waals surface area contributed by atoms with Crippen molar-refractivity contribution in [1.29, 1.82) is 5.26 Å². The first-order chi connectivity index (χ1) is 11.7. The Kier molecular flexibility index (Phi) is 4.40. The molecule has 0 bridgehead atoms. The summed E-state index contributed by atoms with van der Waals surface area (Å²) in [5, 5.41) is 14.3. The van der Waals surface area contributed by atoms with E-state index < -0.39 is 5.91 Å². The van der Waals surface area contributed by atoms with Gasteiger partial charge in [0.2, 0.25) is 0 Å². The number of anilines is 1. The standard InChI is InChI=1S/C21H16N2O/c1-15-7-2-5-12-20(15)23-21(24)18(14-22)13-17-10-6-9-16-8-3-4-11-19(16)17/h2-13H,1H3,(H,23,24)/b18-13-. The Morgan fingerprint density at radius 1 is 1.00 bits per heavy atom. The van der Waals surface area contributed by atoms with E-state index in [0.29, 0.717) is 5.69 Å². The number of hydrogen-bond donors (Lipinski definition) is 1. The van der Waals surface area contributed by atoms with Crippen LogP contribution in [0.15, 0.2) is 72.3 Å². The molecule has 3 aromatic carbocycles. The molecule has 0 spiro atoms. The van der Waals surface area contributed by atoms with E-state index in [1.54, 1.807) is 6.08 Å². The number of nitriles is 1. The van der Waals surface area contributed by atoms with Crippen LogP contribution >= 0.6 is 0 Å². The van der Waals surface area contributed by atoms with Gasteiger partial charge in [0.15, 0.2) is 0 Å². The Bertz CT molecular complexity index is 975. The number of nitrogens with zero attached hydrogens (tertiary/aromatic N) is 1. The van der Waals surface area contributed by atoms with Crippen LogP contribution in [0, 0.1) is 18.3 Å². The van der Waals surface area contributed by atoms with Gasteiger partial charge in [-0.1, -0.05) is 60.7 Å². The fraction of sp³-hybridized carbons (Fsp3) is 0.0476. The number of aryl methyl sites for hydroxylation is 1. The molecule has 0 aromatic heterocycles. The molecule has 3 heteroatoms. The third-order valence-electron chi connectivity index (χ3n) is 3.88. The molecule has 1 N–H and O–H groups in total. The summed E-state index contributed by atoms with van der Waals surface area (Å²) < 4.78 is 0. The van der Waals surface area contributed by atoms with Crippen LogP contribution in [0.1, 0.15) is 11.1 Å². The summed E-state index contributed by atoms with van der Waals surface area (Å²) in [5.74, 6) is -0.403. The van der Waals surface area contributed by atoms with E-state index in [2.05, 4.69) is 5.32 Å². The molecule has 0 saturated carbocycles. The highest BCUT2D eigenvalue weighted by atomic mass is 16.1. The summed E-state index contributed by atoms with van der Waals surface area (Å²) >= 11 is 0. The lowest BCUT2D eigenvalue weighted by Crippen LogP contribution is -2.14. The minimum absolute atomic E-state index is 0.0783. The second kappa shape index (κ2) is 6.80. The van der Waals surface area contributed by atoms with Crippen LogP contribution in [0.3, 0.4) is 0 Å². The number of nitrogens with one attached hydrogen (secondary N) is 1. The van der Waals surface area contributed by atoms with Gasteiger partial charge in [-0.25, -0.2) is 0 Å². The minimum atomic E-state index is -0.403. The number of rotatable bonds is 3. The van der Waals surface area contributed by atoms with Crippen molar-refractivity contribution in [2.75, 3.05) is 5.32 Å². The van der Waals surface area contributed by atoms with Crippen molar-refractivity contribution in [3.8, 4) is 6.07 Å². The van der Waals surface area contributed by atoms with Crippen molar-refractivity contribution in [3.05, 3.63) is 83.4 Å². The molecule has 0 aliphatic heterocycles. The van der Waals surface area contributed by atoms with Crippen LogP contribution in [-0.2, 0) is 4.79 Å². The highest BCUT2D eigenvalue weighted by Crippen LogP contribution is 2.21. The first-order valence-electron chi connectivity index (χ1n) is 7.65. The molecule has 0 aliphatic rings. The van der Waals surface area contributed by atoms with Crippen molar-refractivity contribution in [2.45, 2.75) is 6.92 Å². The smallest absolute Gasteiger partial charge is 0.266 e. The molecule has 3 aromatic rings. The fourth-order valence-corrected chi connectivity index (χ4v) is 2.58. The molecular weight excluding hydrogens is 296 g/mol. The zero-order valence-corrected chi connectivity index (χ0v) is 13.3. The van der Waals surface area contributed by atoms with E-state index in [1.165, 1.54) is 0 Å². The Balaban J connectivity index is 1.96. The van der Waals surface area contributed by atoms with E-state index in [-0.39, 0.29) is 5.57 Å². The Morgan fingerprint density at radius 3 is 2.50 bits per heavy atom. The molecule has 0 fully saturated rings. The molecule has 0 unspecified atom stereocenters. The minimum Gasteiger partial charge on any atom is -0.321 e. The van der Waals surface area contributed by atoms with Gasteiger partial charge in [-0.2, -0.15) is 5.26 Å². The molecule has 1 amide bonds. The quantitative estimate of drug-likeness (QED) is 0.563. The maximum atomic E-state index is 12.4. The number of para-hydroxylation sites is 1. The summed E-state index contributed by atoms with van der Waals surface area (Å²) in [5.41, 5.74) is 2.59. The predicted molar refractivity (Wildman–Crippen MR) is 97.3 cm³/mol. The van der Waals surface area contributed by atoms with Gasteiger partial charge in [-0.3, -0.25) is 4.79 Å². The lowest BCUT2D eigenvalue weighted by Gasteiger charge is -2.08. The number of fused-ring (bicyclic) bond motifs is 1. The number of amides is 1. The van der Waals surface area contributed by atoms with Gasteiger partial charge in [0.25, 0.3) is 5.91 Å². The molecule has 3 nitrogen and oxygen atoms in total. The van der Waals surface area contributed by atoms with Gasteiger partial charge in [0, 0.05) is 5.69 Å². The highest BCUT2D eigenvalue weighted by molar-refractivity contribution is 6.11. The van der Waals surface area contributed by atoms with Crippen molar-refractivity contribution in [1.82, 2.24) is 0 Å². The largest absolute Gasteiger partial charge is 0.321 e. The topological polar surface area (TPSA) is 52.9 Å².